The van der Waals surface area contributed by atoms with E-state index < -0.39 is 0 Å². The molecule has 0 atom stereocenters. The summed E-state index contributed by atoms with van der Waals surface area (Å²) in [5, 5.41) is 1.79. The van der Waals surface area contributed by atoms with Crippen LogP contribution in [0.3, 0.4) is 0 Å². The first-order valence-corrected chi connectivity index (χ1v) is 10.5. The molecule has 2 aromatic carbocycles. The van der Waals surface area contributed by atoms with Crippen molar-refractivity contribution in [2.75, 3.05) is 42.2 Å². The van der Waals surface area contributed by atoms with Gasteiger partial charge >= 0.3 is 0 Å². The van der Waals surface area contributed by atoms with Crippen molar-refractivity contribution < 1.29 is 28.4 Å². The van der Waals surface area contributed by atoms with Crippen LogP contribution in [0.5, 0.6) is 34.5 Å². The molecular formula is C25H31NO6. The molecule has 1 heterocycles. The van der Waals surface area contributed by atoms with Crippen molar-refractivity contribution in [3.63, 3.8) is 0 Å². The number of methoxy groups -OCH3 is 5. The Balaban J connectivity index is 2.22. The van der Waals surface area contributed by atoms with E-state index in [1.54, 1.807) is 35.5 Å². The Morgan fingerprint density at radius 3 is 1.94 bits per heavy atom. The summed E-state index contributed by atoms with van der Waals surface area (Å²) in [4.78, 5) is 4.85. The number of rotatable bonds is 10. The van der Waals surface area contributed by atoms with Crippen LogP contribution < -0.4 is 28.4 Å². The van der Waals surface area contributed by atoms with Crippen LogP contribution in [0.15, 0.2) is 24.3 Å². The number of aryl methyl sites for hydroxylation is 1. The topological polar surface area (TPSA) is 68.3 Å². The first-order chi connectivity index (χ1) is 15.5. The molecule has 0 spiro atoms. The summed E-state index contributed by atoms with van der Waals surface area (Å²) in [7, 11) is 8.02. The van der Waals surface area contributed by atoms with E-state index >= 15 is 0 Å². The molecule has 0 fully saturated rings. The van der Waals surface area contributed by atoms with Crippen molar-refractivity contribution in [1.29, 1.82) is 0 Å². The lowest BCUT2D eigenvalue weighted by Crippen LogP contribution is -2.02. The summed E-state index contributed by atoms with van der Waals surface area (Å²) >= 11 is 0. The fourth-order valence-electron chi connectivity index (χ4n) is 3.74. The van der Waals surface area contributed by atoms with Gasteiger partial charge in [0.25, 0.3) is 0 Å². The fraction of sp³-hybridized carbons (Fsp3) is 0.400. The molecule has 7 nitrogen and oxygen atoms in total. The number of ether oxygens (including phenoxy) is 6. The number of fused-ring (bicyclic) bond motifs is 1. The third-order valence-corrected chi connectivity index (χ3v) is 5.30. The van der Waals surface area contributed by atoms with Gasteiger partial charge in [-0.05, 0) is 43.0 Å². The van der Waals surface area contributed by atoms with Gasteiger partial charge in [0.15, 0.2) is 23.0 Å². The van der Waals surface area contributed by atoms with E-state index in [4.69, 9.17) is 33.4 Å². The van der Waals surface area contributed by atoms with E-state index in [1.165, 1.54) is 0 Å². The number of pyridine rings is 1. The highest BCUT2D eigenvalue weighted by molar-refractivity contribution is 5.96. The van der Waals surface area contributed by atoms with Crippen molar-refractivity contribution in [2.24, 2.45) is 0 Å². The number of hydrogen-bond donors (Lipinski definition) is 0. The smallest absolute Gasteiger partial charge is 0.204 e. The fourth-order valence-corrected chi connectivity index (χ4v) is 3.74. The summed E-state index contributed by atoms with van der Waals surface area (Å²) in [6.07, 6.45) is 1.99. The van der Waals surface area contributed by atoms with Gasteiger partial charge in [0.2, 0.25) is 11.5 Å². The maximum Gasteiger partial charge on any atom is 0.204 e. The Bertz CT molecular complexity index is 1100. The second-order valence-corrected chi connectivity index (χ2v) is 7.25. The van der Waals surface area contributed by atoms with Gasteiger partial charge in [0, 0.05) is 16.6 Å². The van der Waals surface area contributed by atoms with Gasteiger partial charge in [-0.2, -0.15) is 0 Å². The SMILES string of the molecule is CCCCOc1cc(-c2cc3cc(OC)c(OC)c(OC)c3c(C)n2)cc(OC)c1OC. The zero-order valence-electron chi connectivity index (χ0n) is 19.8. The van der Waals surface area contributed by atoms with Crippen molar-refractivity contribution in [1.82, 2.24) is 4.98 Å². The summed E-state index contributed by atoms with van der Waals surface area (Å²) < 4.78 is 33.9. The molecule has 0 saturated carbocycles. The largest absolute Gasteiger partial charge is 0.493 e. The zero-order chi connectivity index (χ0) is 23.3. The van der Waals surface area contributed by atoms with E-state index in [9.17, 15) is 0 Å². The van der Waals surface area contributed by atoms with Gasteiger partial charge in [-0.1, -0.05) is 13.3 Å². The molecule has 0 aliphatic rings. The maximum absolute atomic E-state index is 6.00. The quantitative estimate of drug-likeness (QED) is 0.389. The Hall–Kier alpha value is -3.35. The minimum atomic E-state index is 0.540. The molecule has 0 saturated heterocycles. The summed E-state index contributed by atoms with van der Waals surface area (Å²) in [6, 6.07) is 7.75. The monoisotopic (exact) mass is 441 g/mol. The van der Waals surface area contributed by atoms with E-state index in [0.29, 0.717) is 41.1 Å². The van der Waals surface area contributed by atoms with Crippen LogP contribution in [0.1, 0.15) is 25.5 Å². The van der Waals surface area contributed by atoms with Crippen LogP contribution in [0.2, 0.25) is 0 Å². The summed E-state index contributed by atoms with van der Waals surface area (Å²) in [6.45, 7) is 4.66. The van der Waals surface area contributed by atoms with Crippen molar-refractivity contribution in [3.05, 3.63) is 30.0 Å². The van der Waals surface area contributed by atoms with Gasteiger partial charge in [0.1, 0.15) is 0 Å². The molecule has 0 radical (unpaired) electrons. The van der Waals surface area contributed by atoms with E-state index in [2.05, 4.69) is 6.92 Å². The average Bonchev–Trinajstić information content (AvgIpc) is 2.81. The highest BCUT2D eigenvalue weighted by atomic mass is 16.5. The van der Waals surface area contributed by atoms with Crippen LogP contribution in [0.25, 0.3) is 22.0 Å². The van der Waals surface area contributed by atoms with Gasteiger partial charge in [-0.15, -0.1) is 0 Å². The molecule has 0 bridgehead atoms. The minimum Gasteiger partial charge on any atom is -0.493 e. The first kappa shape index (κ1) is 23.3. The summed E-state index contributed by atoms with van der Waals surface area (Å²) in [5.41, 5.74) is 2.43. The first-order valence-electron chi connectivity index (χ1n) is 10.5. The molecule has 0 amide bonds. The highest BCUT2D eigenvalue weighted by Crippen LogP contribution is 2.46. The van der Waals surface area contributed by atoms with E-state index in [-0.39, 0.29) is 0 Å². The molecule has 3 aromatic rings. The molecule has 32 heavy (non-hydrogen) atoms. The zero-order valence-corrected chi connectivity index (χ0v) is 19.8. The van der Waals surface area contributed by atoms with Gasteiger partial charge < -0.3 is 28.4 Å². The molecule has 0 unspecified atom stereocenters. The van der Waals surface area contributed by atoms with E-state index in [1.807, 2.05) is 31.2 Å². The third kappa shape index (κ3) is 4.33. The molecule has 0 N–H and O–H groups in total. The van der Waals surface area contributed by atoms with Crippen LogP contribution in [0, 0.1) is 6.92 Å². The molecule has 1 aromatic heterocycles. The maximum atomic E-state index is 6.00. The Morgan fingerprint density at radius 2 is 1.34 bits per heavy atom. The van der Waals surface area contributed by atoms with Gasteiger partial charge in [-0.3, -0.25) is 4.98 Å². The molecular weight excluding hydrogens is 410 g/mol. The predicted molar refractivity (Wildman–Crippen MR) is 125 cm³/mol. The Labute approximate surface area is 189 Å². The summed E-state index contributed by atoms with van der Waals surface area (Å²) in [5.74, 6) is 3.50. The number of aromatic nitrogens is 1. The number of nitrogens with zero attached hydrogens (tertiary/aromatic N) is 1. The van der Waals surface area contributed by atoms with Crippen LogP contribution in [0.4, 0.5) is 0 Å². The lowest BCUT2D eigenvalue weighted by atomic mass is 10.0. The molecule has 0 aliphatic carbocycles. The molecule has 3 rings (SSSR count). The lowest BCUT2D eigenvalue weighted by Gasteiger charge is -2.18. The number of benzene rings is 2. The number of hydrogen-bond acceptors (Lipinski definition) is 7. The third-order valence-electron chi connectivity index (χ3n) is 5.30. The van der Waals surface area contributed by atoms with Crippen LogP contribution in [-0.4, -0.2) is 47.1 Å². The standard InChI is InChI=1S/C25H31NO6/c1-8-9-10-32-21-13-16(12-19(27-3)23(21)29-5)18-11-17-14-20(28-4)24(30-6)25(31-7)22(17)15(2)26-18/h11-14H,8-10H2,1-7H3. The number of unbranched alkanes of at least 4 members (excludes halogenated alkanes) is 1. The second-order valence-electron chi connectivity index (χ2n) is 7.25. The molecule has 7 heteroatoms. The van der Waals surface area contributed by atoms with Gasteiger partial charge in [-0.25, -0.2) is 0 Å². The van der Waals surface area contributed by atoms with Crippen LogP contribution in [-0.2, 0) is 0 Å². The highest BCUT2D eigenvalue weighted by Gasteiger charge is 2.21. The molecule has 172 valence electrons. The normalized spacial score (nSPS) is 10.7. The second kappa shape index (κ2) is 10.3. The van der Waals surface area contributed by atoms with Gasteiger partial charge in [0.05, 0.1) is 47.8 Å². The predicted octanol–water partition coefficient (Wildman–Crippen LogP) is 5.43. The Kier molecular flexibility index (Phi) is 7.51. The lowest BCUT2D eigenvalue weighted by molar-refractivity contribution is 0.279. The van der Waals surface area contributed by atoms with E-state index in [0.717, 1.165) is 40.6 Å². The van der Waals surface area contributed by atoms with Crippen LogP contribution >= 0.6 is 0 Å². The van der Waals surface area contributed by atoms with Crippen molar-refractivity contribution in [2.45, 2.75) is 26.7 Å². The minimum absolute atomic E-state index is 0.540. The molecule has 0 aliphatic heterocycles. The average molecular weight is 442 g/mol. The van der Waals surface area contributed by atoms with Crippen molar-refractivity contribution in [3.8, 4) is 45.8 Å². The Morgan fingerprint density at radius 1 is 0.719 bits per heavy atom. The van der Waals surface area contributed by atoms with Crippen molar-refractivity contribution >= 4 is 10.8 Å².